The number of carbonyl (C=O) groups excluding carboxylic acids is 1. The Morgan fingerprint density at radius 1 is 1.11 bits per heavy atom. The van der Waals surface area contributed by atoms with Crippen LogP contribution in [0.25, 0.3) is 22.7 Å². The third kappa shape index (κ3) is 3.86. The van der Waals surface area contributed by atoms with Gasteiger partial charge in [0.05, 0.1) is 7.11 Å². The number of benzene rings is 2. The van der Waals surface area contributed by atoms with Gasteiger partial charge in [0.15, 0.2) is 5.58 Å². The fourth-order valence-electron chi connectivity index (χ4n) is 2.88. The van der Waals surface area contributed by atoms with Gasteiger partial charge in [-0.15, -0.1) is 0 Å². The molecule has 0 unspecified atom stereocenters. The van der Waals surface area contributed by atoms with Crippen molar-refractivity contribution in [1.82, 2.24) is 15.3 Å². The second-order valence-electron chi connectivity index (χ2n) is 6.27. The number of carbonyl (C=O) groups is 1. The molecular weight excluding hydrogens is 354 g/mol. The number of aromatic nitrogens is 2. The zero-order valence-corrected chi connectivity index (χ0v) is 15.4. The van der Waals surface area contributed by atoms with Crippen LogP contribution in [0, 0.1) is 0 Å². The lowest BCUT2D eigenvalue weighted by atomic mass is 10.1. The third-order valence-electron chi connectivity index (χ3n) is 4.39. The molecule has 2 aromatic carbocycles. The fraction of sp³-hybridized carbons (Fsp3) is 0.136. The van der Waals surface area contributed by atoms with Crippen molar-refractivity contribution in [1.29, 1.82) is 0 Å². The summed E-state index contributed by atoms with van der Waals surface area (Å²) in [5.41, 5.74) is 3.58. The van der Waals surface area contributed by atoms with Crippen molar-refractivity contribution in [2.24, 2.45) is 0 Å². The van der Waals surface area contributed by atoms with Gasteiger partial charge in [-0.05, 0) is 54.4 Å². The topological polar surface area (TPSA) is 77.2 Å². The van der Waals surface area contributed by atoms with Gasteiger partial charge in [-0.2, -0.15) is 0 Å². The Kier molecular flexibility index (Phi) is 5.01. The Labute approximate surface area is 162 Å². The molecule has 0 radical (unpaired) electrons. The van der Waals surface area contributed by atoms with Crippen LogP contribution in [0.2, 0.25) is 0 Å². The number of pyridine rings is 1. The molecule has 0 atom stereocenters. The van der Waals surface area contributed by atoms with Crippen LogP contribution in [0.5, 0.6) is 5.75 Å². The van der Waals surface area contributed by atoms with Gasteiger partial charge in [-0.1, -0.05) is 18.2 Å². The van der Waals surface area contributed by atoms with Gasteiger partial charge < -0.3 is 14.5 Å². The van der Waals surface area contributed by atoms with E-state index in [1.807, 2.05) is 42.5 Å². The van der Waals surface area contributed by atoms with E-state index in [1.54, 1.807) is 31.5 Å². The lowest BCUT2D eigenvalue weighted by Crippen LogP contribution is -2.25. The molecule has 0 spiro atoms. The molecule has 0 fully saturated rings. The van der Waals surface area contributed by atoms with Crippen LogP contribution in [-0.4, -0.2) is 29.5 Å². The van der Waals surface area contributed by atoms with E-state index in [2.05, 4.69) is 15.3 Å². The third-order valence-corrected chi connectivity index (χ3v) is 4.39. The van der Waals surface area contributed by atoms with Crippen molar-refractivity contribution in [3.8, 4) is 17.3 Å². The molecule has 0 saturated heterocycles. The summed E-state index contributed by atoms with van der Waals surface area (Å²) < 4.78 is 10.9. The molecule has 4 rings (SSSR count). The Balaban J connectivity index is 1.42. The van der Waals surface area contributed by atoms with E-state index in [-0.39, 0.29) is 5.91 Å². The standard InChI is InChI=1S/C22H19N3O3/c1-27-17-8-5-15(6-9-17)11-13-24-21(26)16-7-10-20-19(14-16)25-22(28-20)18-4-2-3-12-23-18/h2-10,12,14H,11,13H2,1H3,(H,24,26). The van der Waals surface area contributed by atoms with Gasteiger partial charge in [-0.25, -0.2) is 4.98 Å². The maximum absolute atomic E-state index is 12.5. The number of methoxy groups -OCH3 is 1. The summed E-state index contributed by atoms with van der Waals surface area (Å²) in [6.45, 7) is 0.543. The summed E-state index contributed by atoms with van der Waals surface area (Å²) in [7, 11) is 1.64. The predicted molar refractivity (Wildman–Crippen MR) is 106 cm³/mol. The van der Waals surface area contributed by atoms with Gasteiger partial charge in [0.25, 0.3) is 5.91 Å². The lowest BCUT2D eigenvalue weighted by molar-refractivity contribution is 0.0954. The predicted octanol–water partition coefficient (Wildman–Crippen LogP) is 3.87. The highest BCUT2D eigenvalue weighted by atomic mass is 16.5. The number of nitrogens with zero attached hydrogens (tertiary/aromatic N) is 2. The highest BCUT2D eigenvalue weighted by molar-refractivity contribution is 5.97. The monoisotopic (exact) mass is 373 g/mol. The highest BCUT2D eigenvalue weighted by Gasteiger charge is 2.12. The number of ether oxygens (including phenoxy) is 1. The van der Waals surface area contributed by atoms with Crippen molar-refractivity contribution < 1.29 is 13.9 Å². The number of rotatable bonds is 6. The molecule has 2 aromatic heterocycles. The van der Waals surface area contributed by atoms with Crippen molar-refractivity contribution in [3.63, 3.8) is 0 Å². The second kappa shape index (κ2) is 7.92. The molecule has 4 aromatic rings. The van der Waals surface area contributed by atoms with Crippen LogP contribution in [-0.2, 0) is 6.42 Å². The molecule has 1 amide bonds. The maximum Gasteiger partial charge on any atom is 0.251 e. The van der Waals surface area contributed by atoms with Gasteiger partial charge in [0, 0.05) is 18.3 Å². The average Bonchev–Trinajstić information content (AvgIpc) is 3.18. The Bertz CT molecular complexity index is 1090. The lowest BCUT2D eigenvalue weighted by Gasteiger charge is -2.06. The van der Waals surface area contributed by atoms with E-state index >= 15 is 0 Å². The summed E-state index contributed by atoms with van der Waals surface area (Å²) in [6.07, 6.45) is 2.43. The Hall–Kier alpha value is -3.67. The van der Waals surface area contributed by atoms with Crippen LogP contribution in [0.1, 0.15) is 15.9 Å². The van der Waals surface area contributed by atoms with Gasteiger partial charge >= 0.3 is 0 Å². The van der Waals surface area contributed by atoms with Crippen LogP contribution >= 0.6 is 0 Å². The molecule has 0 aliphatic carbocycles. The van der Waals surface area contributed by atoms with Gasteiger partial charge in [-0.3, -0.25) is 9.78 Å². The minimum atomic E-state index is -0.141. The zero-order chi connectivity index (χ0) is 19.3. The molecule has 2 heterocycles. The molecule has 140 valence electrons. The molecule has 0 bridgehead atoms. The molecule has 6 nitrogen and oxygen atoms in total. The van der Waals surface area contributed by atoms with E-state index in [9.17, 15) is 4.79 Å². The first-order valence-electron chi connectivity index (χ1n) is 8.96. The van der Waals surface area contributed by atoms with Gasteiger partial charge in [0.1, 0.15) is 17.0 Å². The molecule has 6 heteroatoms. The van der Waals surface area contributed by atoms with Crippen LogP contribution in [0.3, 0.4) is 0 Å². The van der Waals surface area contributed by atoms with Crippen LogP contribution < -0.4 is 10.1 Å². The van der Waals surface area contributed by atoms with Crippen molar-refractivity contribution in [3.05, 3.63) is 78.0 Å². The number of nitrogens with one attached hydrogen (secondary N) is 1. The molecule has 28 heavy (non-hydrogen) atoms. The normalized spacial score (nSPS) is 10.8. The summed E-state index contributed by atoms with van der Waals surface area (Å²) in [5.74, 6) is 1.12. The van der Waals surface area contributed by atoms with Gasteiger partial charge in [0.2, 0.25) is 5.89 Å². The van der Waals surface area contributed by atoms with Crippen LogP contribution in [0.15, 0.2) is 71.3 Å². The van der Waals surface area contributed by atoms with E-state index in [1.165, 1.54) is 0 Å². The fourth-order valence-corrected chi connectivity index (χ4v) is 2.88. The smallest absolute Gasteiger partial charge is 0.251 e. The first-order chi connectivity index (χ1) is 13.7. The summed E-state index contributed by atoms with van der Waals surface area (Å²) in [5, 5.41) is 2.94. The van der Waals surface area contributed by atoms with Crippen molar-refractivity contribution in [2.75, 3.05) is 13.7 Å². The summed E-state index contributed by atoms with van der Waals surface area (Å²) in [4.78, 5) is 21.1. The molecule has 0 saturated carbocycles. The number of amides is 1. The summed E-state index contributed by atoms with van der Waals surface area (Å²) >= 11 is 0. The quantitative estimate of drug-likeness (QED) is 0.555. The van der Waals surface area contributed by atoms with E-state index in [4.69, 9.17) is 9.15 Å². The molecule has 0 aliphatic rings. The minimum Gasteiger partial charge on any atom is -0.497 e. The van der Waals surface area contributed by atoms with Crippen LogP contribution in [0.4, 0.5) is 0 Å². The van der Waals surface area contributed by atoms with Crippen molar-refractivity contribution in [2.45, 2.75) is 6.42 Å². The SMILES string of the molecule is COc1ccc(CCNC(=O)c2ccc3oc(-c4ccccn4)nc3c2)cc1. The average molecular weight is 373 g/mol. The van der Waals surface area contributed by atoms with Crippen molar-refractivity contribution >= 4 is 17.0 Å². The largest absolute Gasteiger partial charge is 0.497 e. The molecule has 0 aliphatic heterocycles. The maximum atomic E-state index is 12.5. The minimum absolute atomic E-state index is 0.141. The number of oxazole rings is 1. The van der Waals surface area contributed by atoms with E-state index in [0.29, 0.717) is 34.8 Å². The molecular formula is C22H19N3O3. The van der Waals surface area contributed by atoms with E-state index < -0.39 is 0 Å². The highest BCUT2D eigenvalue weighted by Crippen LogP contribution is 2.23. The zero-order valence-electron chi connectivity index (χ0n) is 15.4. The Morgan fingerprint density at radius 3 is 2.71 bits per heavy atom. The number of hydrogen-bond donors (Lipinski definition) is 1. The number of hydrogen-bond acceptors (Lipinski definition) is 5. The summed E-state index contributed by atoms with van der Waals surface area (Å²) in [6, 6.07) is 18.6. The Morgan fingerprint density at radius 2 is 1.96 bits per heavy atom. The second-order valence-corrected chi connectivity index (χ2v) is 6.27. The number of fused-ring (bicyclic) bond motifs is 1. The first-order valence-corrected chi connectivity index (χ1v) is 8.96. The van der Waals surface area contributed by atoms with E-state index in [0.717, 1.165) is 17.7 Å². The first kappa shape index (κ1) is 17.7. The molecule has 1 N–H and O–H groups in total.